The third-order valence-corrected chi connectivity index (χ3v) is 3.31. The van der Waals surface area contributed by atoms with Crippen molar-refractivity contribution in [1.29, 1.82) is 0 Å². The second kappa shape index (κ2) is 4.35. The Hall–Kier alpha value is -1.43. The number of aromatic nitrogens is 4. The van der Waals surface area contributed by atoms with Gasteiger partial charge in [0, 0.05) is 18.7 Å². The van der Waals surface area contributed by atoms with Crippen LogP contribution in [0, 0.1) is 0 Å². The molecule has 2 aromatic heterocycles. The Balaban J connectivity index is 2.61. The van der Waals surface area contributed by atoms with Gasteiger partial charge in [0.05, 0.1) is 10.2 Å². The highest BCUT2D eigenvalue weighted by Crippen LogP contribution is 2.32. The van der Waals surface area contributed by atoms with Gasteiger partial charge in [0.2, 0.25) is 0 Å². The first-order chi connectivity index (χ1) is 8.29. The molecule has 0 saturated heterocycles. The minimum absolute atomic E-state index is 0.112. The maximum absolute atomic E-state index is 5.93. The molecule has 0 amide bonds. The fraction of sp³-hybridized carbons (Fsp3) is 0.417. The Morgan fingerprint density at radius 1 is 1.28 bits per heavy atom. The number of halogens is 1. The fourth-order valence-corrected chi connectivity index (χ4v) is 2.38. The van der Waals surface area contributed by atoms with Crippen LogP contribution in [-0.2, 0) is 12.5 Å². The van der Waals surface area contributed by atoms with Gasteiger partial charge in [-0.05, 0) is 22.0 Å². The molecule has 2 N–H and O–H groups in total. The molecule has 2 heterocycles. The third kappa shape index (κ3) is 2.38. The lowest BCUT2D eigenvalue weighted by molar-refractivity contribution is 0.564. The van der Waals surface area contributed by atoms with Crippen LogP contribution in [0.3, 0.4) is 0 Å². The normalized spacial score (nSPS) is 11.8. The molecule has 0 atom stereocenters. The Kier molecular flexibility index (Phi) is 3.14. The highest BCUT2D eigenvalue weighted by atomic mass is 79.9. The average Bonchev–Trinajstić information content (AvgIpc) is 2.67. The molecular formula is C12H16BrN5. The zero-order valence-electron chi connectivity index (χ0n) is 10.9. The minimum Gasteiger partial charge on any atom is -0.383 e. The van der Waals surface area contributed by atoms with Crippen LogP contribution in [0.5, 0.6) is 0 Å². The number of nitrogens with two attached hydrogens (primary N) is 1. The zero-order chi connectivity index (χ0) is 13.5. The molecule has 0 radical (unpaired) electrons. The van der Waals surface area contributed by atoms with Crippen LogP contribution in [0.2, 0.25) is 0 Å². The van der Waals surface area contributed by atoms with Crippen LogP contribution in [-0.4, -0.2) is 19.7 Å². The van der Waals surface area contributed by atoms with E-state index in [1.54, 1.807) is 4.68 Å². The molecule has 6 heteroatoms. The van der Waals surface area contributed by atoms with Crippen LogP contribution in [0.25, 0.3) is 11.5 Å². The van der Waals surface area contributed by atoms with Gasteiger partial charge >= 0.3 is 0 Å². The van der Waals surface area contributed by atoms with Crippen molar-refractivity contribution < 1.29 is 0 Å². The molecule has 0 fully saturated rings. The second-order valence-electron chi connectivity index (χ2n) is 5.22. The van der Waals surface area contributed by atoms with E-state index in [9.17, 15) is 0 Å². The van der Waals surface area contributed by atoms with Crippen molar-refractivity contribution in [3.05, 3.63) is 22.4 Å². The molecule has 0 aliphatic carbocycles. The summed E-state index contributed by atoms with van der Waals surface area (Å²) in [7, 11) is 1.86. The smallest absolute Gasteiger partial charge is 0.182 e. The van der Waals surface area contributed by atoms with Gasteiger partial charge in [-0.1, -0.05) is 20.8 Å². The molecule has 18 heavy (non-hydrogen) atoms. The largest absolute Gasteiger partial charge is 0.383 e. The Bertz CT molecular complexity index is 583. The van der Waals surface area contributed by atoms with E-state index in [0.717, 1.165) is 15.9 Å². The standard InChI is InChI=1S/C12H16BrN5/c1-12(2,3)9-8(13)10(14)16-11(15-9)7-5-6-18(4)17-7/h5-6H,1-4H3,(H2,14,15,16). The van der Waals surface area contributed by atoms with Gasteiger partial charge < -0.3 is 5.73 Å². The van der Waals surface area contributed by atoms with Gasteiger partial charge in [0.1, 0.15) is 11.5 Å². The highest BCUT2D eigenvalue weighted by Gasteiger charge is 2.23. The average molecular weight is 310 g/mol. The van der Waals surface area contributed by atoms with Gasteiger partial charge in [-0.15, -0.1) is 0 Å². The second-order valence-corrected chi connectivity index (χ2v) is 6.01. The van der Waals surface area contributed by atoms with E-state index in [2.05, 4.69) is 51.8 Å². The Morgan fingerprint density at radius 3 is 2.44 bits per heavy atom. The fourth-order valence-electron chi connectivity index (χ4n) is 1.61. The molecule has 96 valence electrons. The van der Waals surface area contributed by atoms with Crippen LogP contribution < -0.4 is 5.73 Å². The van der Waals surface area contributed by atoms with Gasteiger partial charge in [-0.2, -0.15) is 5.10 Å². The van der Waals surface area contributed by atoms with E-state index in [-0.39, 0.29) is 5.41 Å². The predicted molar refractivity (Wildman–Crippen MR) is 75.0 cm³/mol. The van der Waals surface area contributed by atoms with Gasteiger partial charge in [0.25, 0.3) is 0 Å². The summed E-state index contributed by atoms with van der Waals surface area (Å²) in [5, 5.41) is 4.30. The third-order valence-electron chi connectivity index (χ3n) is 2.53. The van der Waals surface area contributed by atoms with Crippen molar-refractivity contribution in [3.8, 4) is 11.5 Å². The lowest BCUT2D eigenvalue weighted by atomic mass is 9.92. The summed E-state index contributed by atoms with van der Waals surface area (Å²) in [5.41, 5.74) is 7.43. The van der Waals surface area contributed by atoms with Gasteiger partial charge in [-0.3, -0.25) is 4.68 Å². The van der Waals surface area contributed by atoms with E-state index in [1.807, 2.05) is 19.3 Å². The molecule has 0 saturated carbocycles. The molecule has 0 aliphatic rings. The Morgan fingerprint density at radius 2 is 1.94 bits per heavy atom. The van der Waals surface area contributed by atoms with Crippen molar-refractivity contribution in [2.24, 2.45) is 7.05 Å². The molecule has 2 rings (SSSR count). The molecule has 0 aromatic carbocycles. The van der Waals surface area contributed by atoms with Crippen molar-refractivity contribution in [1.82, 2.24) is 19.7 Å². The first-order valence-electron chi connectivity index (χ1n) is 5.62. The zero-order valence-corrected chi connectivity index (χ0v) is 12.5. The topological polar surface area (TPSA) is 69.6 Å². The van der Waals surface area contributed by atoms with E-state index >= 15 is 0 Å². The summed E-state index contributed by atoms with van der Waals surface area (Å²) in [6.45, 7) is 6.26. The summed E-state index contributed by atoms with van der Waals surface area (Å²) in [6, 6.07) is 1.87. The van der Waals surface area contributed by atoms with Gasteiger partial charge in [-0.25, -0.2) is 9.97 Å². The van der Waals surface area contributed by atoms with Crippen molar-refractivity contribution in [2.75, 3.05) is 5.73 Å². The number of rotatable bonds is 1. The number of aryl methyl sites for hydroxylation is 1. The summed E-state index contributed by atoms with van der Waals surface area (Å²) in [5.74, 6) is 0.997. The van der Waals surface area contributed by atoms with Crippen molar-refractivity contribution in [2.45, 2.75) is 26.2 Å². The Labute approximate surface area is 115 Å². The van der Waals surface area contributed by atoms with E-state index in [0.29, 0.717) is 11.6 Å². The van der Waals surface area contributed by atoms with Crippen LogP contribution >= 0.6 is 15.9 Å². The molecule has 0 unspecified atom stereocenters. The van der Waals surface area contributed by atoms with Crippen LogP contribution in [0.1, 0.15) is 26.5 Å². The SMILES string of the molecule is Cn1ccc(-c2nc(N)c(Br)c(C(C)(C)C)n2)n1. The minimum atomic E-state index is -0.112. The van der Waals surface area contributed by atoms with Crippen LogP contribution in [0.15, 0.2) is 16.7 Å². The highest BCUT2D eigenvalue weighted by molar-refractivity contribution is 9.10. The monoisotopic (exact) mass is 309 g/mol. The quantitative estimate of drug-likeness (QED) is 0.878. The number of hydrogen-bond donors (Lipinski definition) is 1. The first-order valence-corrected chi connectivity index (χ1v) is 6.42. The van der Waals surface area contributed by atoms with E-state index in [1.165, 1.54) is 0 Å². The number of nitrogen functional groups attached to an aromatic ring is 1. The number of anilines is 1. The summed E-state index contributed by atoms with van der Waals surface area (Å²) >= 11 is 3.45. The van der Waals surface area contributed by atoms with Crippen molar-refractivity contribution in [3.63, 3.8) is 0 Å². The first kappa shape index (κ1) is 13.0. The molecule has 0 aliphatic heterocycles. The lowest BCUT2D eigenvalue weighted by Gasteiger charge is -2.20. The predicted octanol–water partition coefficient (Wildman–Crippen LogP) is 2.52. The lowest BCUT2D eigenvalue weighted by Crippen LogP contribution is -2.17. The maximum Gasteiger partial charge on any atom is 0.182 e. The molecule has 0 bridgehead atoms. The maximum atomic E-state index is 5.93. The summed E-state index contributed by atoms with van der Waals surface area (Å²) in [4.78, 5) is 8.85. The molecule has 5 nitrogen and oxygen atoms in total. The van der Waals surface area contributed by atoms with Crippen LogP contribution in [0.4, 0.5) is 5.82 Å². The van der Waals surface area contributed by atoms with E-state index < -0.39 is 0 Å². The summed E-state index contributed by atoms with van der Waals surface area (Å²) < 4.78 is 2.47. The molecule has 2 aromatic rings. The van der Waals surface area contributed by atoms with Crippen molar-refractivity contribution >= 4 is 21.7 Å². The molecule has 0 spiro atoms. The molecular weight excluding hydrogens is 294 g/mol. The van der Waals surface area contributed by atoms with E-state index in [4.69, 9.17) is 5.73 Å². The number of hydrogen-bond acceptors (Lipinski definition) is 4. The number of nitrogens with zero attached hydrogens (tertiary/aromatic N) is 4. The van der Waals surface area contributed by atoms with Gasteiger partial charge in [0.15, 0.2) is 5.82 Å². The summed E-state index contributed by atoms with van der Waals surface area (Å²) in [6.07, 6.45) is 1.85.